The third kappa shape index (κ3) is 4.27. The molecule has 1 aromatic carbocycles. The summed E-state index contributed by atoms with van der Waals surface area (Å²) in [5.74, 6) is 0.787. The minimum absolute atomic E-state index is 0.169. The molecule has 1 amide bonds. The van der Waals surface area contributed by atoms with Crippen LogP contribution in [0.5, 0.6) is 0 Å². The molecule has 0 saturated heterocycles. The van der Waals surface area contributed by atoms with Crippen LogP contribution >= 0.6 is 12.6 Å². The number of hydrogen-bond donors (Lipinski definition) is 1. The molecule has 0 atom stereocenters. The number of rotatable bonds is 5. The number of amides is 1. The summed E-state index contributed by atoms with van der Waals surface area (Å²) in [5.41, 5.74) is 2.54. The molecule has 2 nitrogen and oxygen atoms in total. The molecule has 0 unspecified atom stereocenters. The van der Waals surface area contributed by atoms with Crippen LogP contribution in [0.1, 0.15) is 17.5 Å². The highest BCUT2D eigenvalue weighted by atomic mass is 32.1. The van der Waals surface area contributed by atoms with Crippen LogP contribution in [0.25, 0.3) is 0 Å². The van der Waals surface area contributed by atoms with Gasteiger partial charge in [-0.25, -0.2) is 0 Å². The van der Waals surface area contributed by atoms with Gasteiger partial charge in [-0.3, -0.25) is 4.79 Å². The summed E-state index contributed by atoms with van der Waals surface area (Å²) in [6.07, 6.45) is 1.43. The quantitative estimate of drug-likeness (QED) is 0.779. The molecule has 0 N–H and O–H groups in total. The molecule has 0 aromatic heterocycles. The van der Waals surface area contributed by atoms with E-state index in [4.69, 9.17) is 0 Å². The molecule has 0 heterocycles. The number of benzene rings is 1. The van der Waals surface area contributed by atoms with E-state index < -0.39 is 0 Å². The number of carbonyl (C=O) groups excluding carboxylic acids is 1. The van der Waals surface area contributed by atoms with Crippen molar-refractivity contribution in [3.05, 3.63) is 35.4 Å². The maximum atomic E-state index is 11.5. The molecule has 0 fully saturated rings. The van der Waals surface area contributed by atoms with Gasteiger partial charge in [0.1, 0.15) is 0 Å². The summed E-state index contributed by atoms with van der Waals surface area (Å²) in [5, 5.41) is 0. The van der Waals surface area contributed by atoms with Gasteiger partial charge in [-0.15, -0.1) is 0 Å². The van der Waals surface area contributed by atoms with Crippen molar-refractivity contribution in [3.63, 3.8) is 0 Å². The predicted molar refractivity (Wildman–Crippen MR) is 71.0 cm³/mol. The number of carbonyl (C=O) groups is 1. The van der Waals surface area contributed by atoms with E-state index in [1.807, 2.05) is 7.05 Å². The zero-order valence-corrected chi connectivity index (χ0v) is 10.8. The Bertz CT molecular complexity index is 334. The fourth-order valence-electron chi connectivity index (χ4n) is 1.46. The van der Waals surface area contributed by atoms with Crippen LogP contribution in [0.15, 0.2) is 24.3 Å². The number of likely N-dealkylation sites (N-methyl/N-ethyl adjacent to an activating group) is 1. The predicted octanol–water partition coefficient (Wildman–Crippen LogP) is 2.32. The molecule has 1 aromatic rings. The molecule has 16 heavy (non-hydrogen) atoms. The highest BCUT2D eigenvalue weighted by Gasteiger charge is 2.06. The fraction of sp³-hybridized carbons (Fsp3) is 0.462. The average Bonchev–Trinajstić information content (AvgIpc) is 2.28. The lowest BCUT2D eigenvalue weighted by Gasteiger charge is -2.16. The Balaban J connectivity index is 2.39. The molecule has 0 aliphatic rings. The third-order valence-corrected chi connectivity index (χ3v) is 2.83. The van der Waals surface area contributed by atoms with Crippen molar-refractivity contribution in [2.45, 2.75) is 19.8 Å². The smallest absolute Gasteiger partial charge is 0.223 e. The van der Waals surface area contributed by atoms with Gasteiger partial charge in [0, 0.05) is 20.0 Å². The number of thiol groups is 1. The lowest BCUT2D eigenvalue weighted by Crippen LogP contribution is -2.28. The van der Waals surface area contributed by atoms with Crippen molar-refractivity contribution >= 4 is 18.5 Å². The van der Waals surface area contributed by atoms with Gasteiger partial charge >= 0.3 is 0 Å². The van der Waals surface area contributed by atoms with Gasteiger partial charge < -0.3 is 4.90 Å². The van der Waals surface area contributed by atoms with Gasteiger partial charge in [0.2, 0.25) is 5.91 Å². The van der Waals surface area contributed by atoms with Gasteiger partial charge in [-0.2, -0.15) is 12.6 Å². The Hall–Kier alpha value is -0.960. The third-order valence-electron chi connectivity index (χ3n) is 2.61. The van der Waals surface area contributed by atoms with Gasteiger partial charge in [0.25, 0.3) is 0 Å². The zero-order chi connectivity index (χ0) is 12.0. The van der Waals surface area contributed by atoms with E-state index in [2.05, 4.69) is 43.8 Å². The molecular formula is C13H19NOS. The monoisotopic (exact) mass is 237 g/mol. The van der Waals surface area contributed by atoms with Crippen molar-refractivity contribution in [1.29, 1.82) is 0 Å². The first-order valence-electron chi connectivity index (χ1n) is 5.54. The van der Waals surface area contributed by atoms with Crippen molar-refractivity contribution in [1.82, 2.24) is 4.90 Å². The first-order chi connectivity index (χ1) is 7.63. The van der Waals surface area contributed by atoms with Gasteiger partial charge in [-0.1, -0.05) is 29.8 Å². The first kappa shape index (κ1) is 13.1. The minimum atomic E-state index is 0.169. The first-order valence-corrected chi connectivity index (χ1v) is 6.17. The van der Waals surface area contributed by atoms with E-state index in [9.17, 15) is 4.79 Å². The summed E-state index contributed by atoms with van der Waals surface area (Å²) in [7, 11) is 1.85. The summed E-state index contributed by atoms with van der Waals surface area (Å²) >= 11 is 4.06. The molecule has 0 bridgehead atoms. The standard InChI is InChI=1S/C13H19NOS/c1-11-3-5-12(6-4-11)7-9-14(2)13(15)8-10-16/h3-6,16H,7-10H2,1-2H3. The Morgan fingerprint density at radius 2 is 1.94 bits per heavy atom. The van der Waals surface area contributed by atoms with Crippen molar-refractivity contribution in [2.75, 3.05) is 19.3 Å². The van der Waals surface area contributed by atoms with E-state index >= 15 is 0 Å². The Morgan fingerprint density at radius 1 is 1.31 bits per heavy atom. The van der Waals surface area contributed by atoms with Gasteiger partial charge in [-0.05, 0) is 24.7 Å². The molecule has 88 valence electrons. The van der Waals surface area contributed by atoms with Crippen LogP contribution < -0.4 is 0 Å². The summed E-state index contributed by atoms with van der Waals surface area (Å²) in [6.45, 7) is 2.85. The number of hydrogen-bond acceptors (Lipinski definition) is 2. The Kier molecular flexibility index (Phi) is 5.39. The Morgan fingerprint density at radius 3 is 2.50 bits per heavy atom. The van der Waals surface area contributed by atoms with E-state index in [0.29, 0.717) is 12.2 Å². The second-order valence-electron chi connectivity index (χ2n) is 4.02. The molecule has 0 aliphatic heterocycles. The van der Waals surface area contributed by atoms with E-state index in [0.717, 1.165) is 13.0 Å². The van der Waals surface area contributed by atoms with Crippen LogP contribution in [0.4, 0.5) is 0 Å². The van der Waals surface area contributed by atoms with E-state index in [1.165, 1.54) is 11.1 Å². The molecule has 0 aliphatic carbocycles. The van der Waals surface area contributed by atoms with Crippen molar-refractivity contribution in [2.24, 2.45) is 0 Å². The van der Waals surface area contributed by atoms with Crippen LogP contribution in [0, 0.1) is 6.92 Å². The SMILES string of the molecule is Cc1ccc(CCN(C)C(=O)CCS)cc1. The lowest BCUT2D eigenvalue weighted by molar-refractivity contribution is -0.129. The Labute approximate surface area is 103 Å². The molecule has 1 rings (SSSR count). The van der Waals surface area contributed by atoms with E-state index in [-0.39, 0.29) is 5.91 Å². The van der Waals surface area contributed by atoms with Crippen LogP contribution in [0.3, 0.4) is 0 Å². The zero-order valence-electron chi connectivity index (χ0n) is 9.94. The molecule has 0 spiro atoms. The minimum Gasteiger partial charge on any atom is -0.345 e. The lowest BCUT2D eigenvalue weighted by atomic mass is 10.1. The molecular weight excluding hydrogens is 218 g/mol. The van der Waals surface area contributed by atoms with Crippen molar-refractivity contribution < 1.29 is 4.79 Å². The highest BCUT2D eigenvalue weighted by molar-refractivity contribution is 7.80. The summed E-state index contributed by atoms with van der Waals surface area (Å²) < 4.78 is 0. The molecule has 0 radical (unpaired) electrons. The second-order valence-corrected chi connectivity index (χ2v) is 4.47. The van der Waals surface area contributed by atoms with Crippen LogP contribution in [-0.2, 0) is 11.2 Å². The topological polar surface area (TPSA) is 20.3 Å². The maximum Gasteiger partial charge on any atom is 0.223 e. The highest BCUT2D eigenvalue weighted by Crippen LogP contribution is 2.05. The normalized spacial score (nSPS) is 10.2. The average molecular weight is 237 g/mol. The molecule has 3 heteroatoms. The molecule has 0 saturated carbocycles. The maximum absolute atomic E-state index is 11.5. The summed E-state index contributed by atoms with van der Waals surface area (Å²) in [6, 6.07) is 8.44. The van der Waals surface area contributed by atoms with Crippen LogP contribution in [-0.4, -0.2) is 30.2 Å². The van der Waals surface area contributed by atoms with Crippen LogP contribution in [0.2, 0.25) is 0 Å². The van der Waals surface area contributed by atoms with Crippen molar-refractivity contribution in [3.8, 4) is 0 Å². The fourth-order valence-corrected chi connectivity index (χ4v) is 1.65. The largest absolute Gasteiger partial charge is 0.345 e. The second kappa shape index (κ2) is 6.59. The number of aryl methyl sites for hydroxylation is 1. The van der Waals surface area contributed by atoms with Gasteiger partial charge in [0.15, 0.2) is 0 Å². The van der Waals surface area contributed by atoms with E-state index in [1.54, 1.807) is 4.90 Å². The number of nitrogens with zero attached hydrogens (tertiary/aromatic N) is 1. The van der Waals surface area contributed by atoms with Gasteiger partial charge in [0.05, 0.1) is 0 Å². The summed E-state index contributed by atoms with van der Waals surface area (Å²) in [4.78, 5) is 13.3.